The molecule has 3 aromatic rings. The predicted octanol–water partition coefficient (Wildman–Crippen LogP) is 5.21. The lowest BCUT2D eigenvalue weighted by Crippen LogP contribution is -2.22. The number of benzene rings is 2. The van der Waals surface area contributed by atoms with Gasteiger partial charge >= 0.3 is 0 Å². The average Bonchev–Trinajstić information content (AvgIpc) is 3.10. The van der Waals surface area contributed by atoms with Crippen molar-refractivity contribution in [1.82, 2.24) is 9.55 Å². The number of anilines is 1. The Morgan fingerprint density at radius 1 is 1.27 bits per heavy atom. The van der Waals surface area contributed by atoms with Gasteiger partial charge in [-0.3, -0.25) is 9.36 Å². The van der Waals surface area contributed by atoms with Crippen molar-refractivity contribution in [1.29, 1.82) is 0 Å². The molecule has 1 N–H and O–H groups in total. The number of aryl methyl sites for hydroxylation is 1. The maximum Gasteiger partial charge on any atom is 0.237 e. The summed E-state index contributed by atoms with van der Waals surface area (Å²) in [4.78, 5) is 16.9. The Morgan fingerprint density at radius 3 is 2.73 bits per heavy atom. The summed E-state index contributed by atoms with van der Waals surface area (Å²) >= 11 is 7.49. The molecule has 0 spiro atoms. The van der Waals surface area contributed by atoms with Crippen molar-refractivity contribution in [3.63, 3.8) is 0 Å². The van der Waals surface area contributed by atoms with Crippen LogP contribution < -0.4 is 5.32 Å². The number of hydrogen-bond acceptors (Lipinski definition) is 3. The van der Waals surface area contributed by atoms with Gasteiger partial charge in [-0.25, -0.2) is 4.98 Å². The number of imidazole rings is 1. The van der Waals surface area contributed by atoms with Crippen molar-refractivity contribution in [3.8, 4) is 5.69 Å². The molecule has 1 amide bonds. The first-order valence-electron chi connectivity index (χ1n) is 8.42. The van der Waals surface area contributed by atoms with Crippen LogP contribution in [0.3, 0.4) is 0 Å². The SMILES string of the molecule is CCc1ccc(NC(=O)[C@@H](C)Sc2nccn2-c2cccc(Cl)c2)cc1. The van der Waals surface area contributed by atoms with E-state index in [9.17, 15) is 4.79 Å². The van der Waals surface area contributed by atoms with Gasteiger partial charge in [0.2, 0.25) is 5.91 Å². The molecule has 0 aliphatic carbocycles. The van der Waals surface area contributed by atoms with E-state index in [-0.39, 0.29) is 11.2 Å². The van der Waals surface area contributed by atoms with Gasteiger partial charge in [0.1, 0.15) is 0 Å². The van der Waals surface area contributed by atoms with Gasteiger partial charge < -0.3 is 5.32 Å². The van der Waals surface area contributed by atoms with Gasteiger partial charge in [0.25, 0.3) is 0 Å². The number of hydrogen-bond donors (Lipinski definition) is 1. The molecule has 0 radical (unpaired) electrons. The molecule has 3 rings (SSSR count). The van der Waals surface area contributed by atoms with Gasteiger partial charge in [-0.1, -0.05) is 48.5 Å². The molecule has 0 unspecified atom stereocenters. The van der Waals surface area contributed by atoms with Crippen LogP contribution in [0.4, 0.5) is 5.69 Å². The number of thioether (sulfide) groups is 1. The van der Waals surface area contributed by atoms with Crippen LogP contribution in [0.5, 0.6) is 0 Å². The minimum absolute atomic E-state index is 0.0557. The summed E-state index contributed by atoms with van der Waals surface area (Å²) in [6.07, 6.45) is 4.56. The van der Waals surface area contributed by atoms with E-state index in [1.165, 1.54) is 17.3 Å². The number of carbonyl (C=O) groups is 1. The van der Waals surface area contributed by atoms with E-state index in [2.05, 4.69) is 17.2 Å². The second kappa shape index (κ2) is 8.43. The fraction of sp³-hybridized carbons (Fsp3) is 0.200. The number of aromatic nitrogens is 2. The van der Waals surface area contributed by atoms with E-state index in [0.29, 0.717) is 5.02 Å². The number of carbonyl (C=O) groups excluding carboxylic acids is 1. The Kier molecular flexibility index (Phi) is 6.01. The summed E-state index contributed by atoms with van der Waals surface area (Å²) < 4.78 is 1.93. The molecule has 134 valence electrons. The summed E-state index contributed by atoms with van der Waals surface area (Å²) in [7, 11) is 0. The van der Waals surface area contributed by atoms with E-state index in [1.54, 1.807) is 6.20 Å². The van der Waals surface area contributed by atoms with Crippen LogP contribution in [0.1, 0.15) is 19.4 Å². The molecule has 0 aliphatic heterocycles. The molecular weight excluding hydrogens is 366 g/mol. The lowest BCUT2D eigenvalue weighted by Gasteiger charge is -2.13. The van der Waals surface area contributed by atoms with Crippen molar-refractivity contribution in [2.45, 2.75) is 30.7 Å². The predicted molar refractivity (Wildman–Crippen MR) is 108 cm³/mol. The fourth-order valence-electron chi connectivity index (χ4n) is 2.48. The zero-order valence-corrected chi connectivity index (χ0v) is 16.2. The number of rotatable bonds is 6. The quantitative estimate of drug-likeness (QED) is 0.592. The van der Waals surface area contributed by atoms with Crippen LogP contribution in [0.2, 0.25) is 5.02 Å². The Hall–Kier alpha value is -2.24. The zero-order valence-electron chi connectivity index (χ0n) is 14.6. The maximum atomic E-state index is 12.5. The Bertz CT molecular complexity index is 892. The van der Waals surface area contributed by atoms with Gasteiger partial charge in [0.15, 0.2) is 5.16 Å². The minimum atomic E-state index is -0.291. The van der Waals surface area contributed by atoms with Gasteiger partial charge in [0, 0.05) is 28.8 Å². The summed E-state index contributed by atoms with van der Waals surface area (Å²) in [6.45, 7) is 3.98. The number of amides is 1. The van der Waals surface area contributed by atoms with Gasteiger partial charge in [-0.2, -0.15) is 0 Å². The van der Waals surface area contributed by atoms with Crippen molar-refractivity contribution in [2.24, 2.45) is 0 Å². The molecule has 6 heteroatoms. The van der Waals surface area contributed by atoms with E-state index in [4.69, 9.17) is 11.6 Å². The normalized spacial score (nSPS) is 12.0. The summed E-state index contributed by atoms with van der Waals surface area (Å²) in [5.74, 6) is -0.0557. The highest BCUT2D eigenvalue weighted by Crippen LogP contribution is 2.26. The molecule has 2 aromatic carbocycles. The smallest absolute Gasteiger partial charge is 0.237 e. The molecule has 4 nitrogen and oxygen atoms in total. The van der Waals surface area contributed by atoms with E-state index in [0.717, 1.165) is 23.0 Å². The highest BCUT2D eigenvalue weighted by Gasteiger charge is 2.18. The van der Waals surface area contributed by atoms with E-state index < -0.39 is 0 Å². The molecule has 0 fully saturated rings. The van der Waals surface area contributed by atoms with Crippen molar-refractivity contribution >= 4 is 35.0 Å². The fourth-order valence-corrected chi connectivity index (χ4v) is 3.55. The Labute approximate surface area is 162 Å². The number of nitrogens with zero attached hydrogens (tertiary/aromatic N) is 2. The highest BCUT2D eigenvalue weighted by atomic mass is 35.5. The first-order valence-corrected chi connectivity index (χ1v) is 9.68. The zero-order chi connectivity index (χ0) is 18.5. The van der Waals surface area contributed by atoms with E-state index in [1.807, 2.05) is 66.2 Å². The molecule has 0 saturated carbocycles. The maximum absolute atomic E-state index is 12.5. The molecule has 1 aromatic heterocycles. The first-order chi connectivity index (χ1) is 12.6. The average molecular weight is 386 g/mol. The van der Waals surface area contributed by atoms with Crippen LogP contribution in [0.25, 0.3) is 5.69 Å². The van der Waals surface area contributed by atoms with Gasteiger partial charge in [-0.05, 0) is 49.2 Å². The molecule has 26 heavy (non-hydrogen) atoms. The number of nitrogens with one attached hydrogen (secondary N) is 1. The van der Waals surface area contributed by atoms with Gasteiger partial charge in [-0.15, -0.1) is 0 Å². The molecule has 0 aliphatic rings. The largest absolute Gasteiger partial charge is 0.325 e. The third-order valence-electron chi connectivity index (χ3n) is 3.97. The molecule has 1 heterocycles. The Morgan fingerprint density at radius 2 is 2.04 bits per heavy atom. The van der Waals surface area contributed by atoms with Crippen LogP contribution >= 0.6 is 23.4 Å². The molecule has 0 saturated heterocycles. The van der Waals surface area contributed by atoms with Gasteiger partial charge in [0.05, 0.1) is 5.25 Å². The minimum Gasteiger partial charge on any atom is -0.325 e. The lowest BCUT2D eigenvalue weighted by molar-refractivity contribution is -0.115. The van der Waals surface area contributed by atoms with Crippen molar-refractivity contribution in [3.05, 3.63) is 71.5 Å². The summed E-state index contributed by atoms with van der Waals surface area (Å²) in [5, 5.41) is 4.07. The van der Waals surface area contributed by atoms with E-state index >= 15 is 0 Å². The Balaban J connectivity index is 1.69. The number of halogens is 1. The van der Waals surface area contributed by atoms with Crippen LogP contribution in [0, 0.1) is 0 Å². The summed E-state index contributed by atoms with van der Waals surface area (Å²) in [6, 6.07) is 15.5. The first kappa shape index (κ1) is 18.5. The molecule has 0 bridgehead atoms. The summed E-state index contributed by atoms with van der Waals surface area (Å²) in [5.41, 5.74) is 2.96. The lowest BCUT2D eigenvalue weighted by atomic mass is 10.1. The monoisotopic (exact) mass is 385 g/mol. The molecule has 1 atom stereocenters. The van der Waals surface area contributed by atoms with Crippen LogP contribution in [-0.2, 0) is 11.2 Å². The third kappa shape index (κ3) is 4.48. The van der Waals surface area contributed by atoms with Crippen molar-refractivity contribution in [2.75, 3.05) is 5.32 Å². The standard InChI is InChI=1S/C20H20ClN3OS/c1-3-15-7-9-17(10-8-15)23-19(25)14(2)26-20-22-11-12-24(20)18-6-4-5-16(21)13-18/h4-14H,3H2,1-2H3,(H,23,25)/t14-/m1/s1. The van der Waals surface area contributed by atoms with Crippen LogP contribution in [-0.4, -0.2) is 20.7 Å². The second-order valence-corrected chi connectivity index (χ2v) is 7.60. The highest BCUT2D eigenvalue weighted by molar-refractivity contribution is 8.00. The van der Waals surface area contributed by atoms with Crippen molar-refractivity contribution < 1.29 is 4.79 Å². The second-order valence-electron chi connectivity index (χ2n) is 5.86. The topological polar surface area (TPSA) is 46.9 Å². The third-order valence-corrected chi connectivity index (χ3v) is 5.29. The molecular formula is C20H20ClN3OS. The van der Waals surface area contributed by atoms with Crippen LogP contribution in [0.15, 0.2) is 66.1 Å².